The smallest absolute Gasteiger partial charge is 0.418 e. The summed E-state index contributed by atoms with van der Waals surface area (Å²) in [4.78, 5) is 25.7. The van der Waals surface area contributed by atoms with Gasteiger partial charge in [0.25, 0.3) is 5.91 Å². The first-order valence-corrected chi connectivity index (χ1v) is 5.32. The van der Waals surface area contributed by atoms with E-state index in [9.17, 15) is 22.8 Å². The van der Waals surface area contributed by atoms with Gasteiger partial charge in [-0.05, 0) is 12.5 Å². The van der Waals surface area contributed by atoms with E-state index in [1.165, 1.54) is 6.92 Å². The lowest BCUT2D eigenvalue weighted by Gasteiger charge is -2.15. The van der Waals surface area contributed by atoms with Crippen LogP contribution in [-0.2, 0) is 11.0 Å². The molecule has 0 radical (unpaired) electrons. The van der Waals surface area contributed by atoms with Crippen LogP contribution in [0.5, 0.6) is 0 Å². The Morgan fingerprint density at radius 2 is 2.11 bits per heavy atom. The van der Waals surface area contributed by atoms with Crippen LogP contribution in [0.4, 0.5) is 13.2 Å². The van der Waals surface area contributed by atoms with E-state index in [1.807, 2.05) is 5.32 Å². The molecule has 0 aliphatic rings. The van der Waals surface area contributed by atoms with Crippen LogP contribution in [-0.4, -0.2) is 28.0 Å². The number of carbonyl (C=O) groups excluding carboxylic acids is 1. The fraction of sp³-hybridized carbons (Fsp3) is 0.364. The standard InChI is InChI=1S/C11H11F3N2O3/c1-2-8(10(18)19)16-9(17)6-3-4-15-5-7(6)11(12,13)14/h3-5,8H,2H2,1H3,(H,16,17)(H,18,19). The molecule has 1 heterocycles. The molecule has 0 saturated carbocycles. The maximum atomic E-state index is 12.7. The van der Waals surface area contributed by atoms with Crippen LogP contribution in [0.2, 0.25) is 0 Å². The molecule has 8 heteroatoms. The van der Waals surface area contributed by atoms with Crippen molar-refractivity contribution in [1.82, 2.24) is 10.3 Å². The molecule has 1 atom stereocenters. The summed E-state index contributed by atoms with van der Waals surface area (Å²) in [5.74, 6) is -2.40. The number of rotatable bonds is 4. The van der Waals surface area contributed by atoms with Crippen molar-refractivity contribution in [2.75, 3.05) is 0 Å². The minimum absolute atomic E-state index is 0.0630. The van der Waals surface area contributed by atoms with Gasteiger partial charge < -0.3 is 10.4 Å². The molecule has 0 fully saturated rings. The van der Waals surface area contributed by atoms with Gasteiger partial charge in [0, 0.05) is 12.4 Å². The molecule has 0 aliphatic carbocycles. The number of amides is 1. The summed E-state index contributed by atoms with van der Waals surface area (Å²) in [5, 5.41) is 10.8. The van der Waals surface area contributed by atoms with Crippen molar-refractivity contribution in [1.29, 1.82) is 0 Å². The highest BCUT2D eigenvalue weighted by molar-refractivity contribution is 5.97. The molecule has 2 N–H and O–H groups in total. The van der Waals surface area contributed by atoms with Crippen molar-refractivity contribution >= 4 is 11.9 Å². The van der Waals surface area contributed by atoms with E-state index < -0.39 is 35.2 Å². The second-order valence-electron chi connectivity index (χ2n) is 3.69. The Kier molecular flexibility index (Phi) is 4.47. The van der Waals surface area contributed by atoms with Gasteiger partial charge in [0.2, 0.25) is 0 Å². The van der Waals surface area contributed by atoms with E-state index in [-0.39, 0.29) is 6.42 Å². The van der Waals surface area contributed by atoms with Crippen molar-refractivity contribution in [2.45, 2.75) is 25.6 Å². The van der Waals surface area contributed by atoms with Crippen LogP contribution >= 0.6 is 0 Å². The van der Waals surface area contributed by atoms with Crippen molar-refractivity contribution in [2.24, 2.45) is 0 Å². The quantitative estimate of drug-likeness (QED) is 0.877. The van der Waals surface area contributed by atoms with Crippen molar-refractivity contribution < 1.29 is 27.9 Å². The predicted molar refractivity (Wildman–Crippen MR) is 58.4 cm³/mol. The molecule has 104 valence electrons. The van der Waals surface area contributed by atoms with Crippen molar-refractivity contribution in [3.8, 4) is 0 Å². The van der Waals surface area contributed by atoms with E-state index in [1.54, 1.807) is 0 Å². The third-order valence-corrected chi connectivity index (χ3v) is 2.38. The highest BCUT2D eigenvalue weighted by Crippen LogP contribution is 2.31. The Labute approximate surface area is 106 Å². The zero-order chi connectivity index (χ0) is 14.6. The highest BCUT2D eigenvalue weighted by Gasteiger charge is 2.36. The molecule has 1 aromatic heterocycles. The van der Waals surface area contributed by atoms with Crippen LogP contribution in [0.25, 0.3) is 0 Å². The molecule has 1 amide bonds. The number of hydrogen-bond acceptors (Lipinski definition) is 3. The van der Waals surface area contributed by atoms with E-state index in [2.05, 4.69) is 4.98 Å². The number of nitrogens with zero attached hydrogens (tertiary/aromatic N) is 1. The molecule has 19 heavy (non-hydrogen) atoms. The van der Waals surface area contributed by atoms with E-state index in [4.69, 9.17) is 5.11 Å². The second kappa shape index (κ2) is 5.68. The highest BCUT2D eigenvalue weighted by atomic mass is 19.4. The predicted octanol–water partition coefficient (Wildman–Crippen LogP) is 1.69. The van der Waals surface area contributed by atoms with Gasteiger partial charge in [-0.25, -0.2) is 4.79 Å². The minimum atomic E-state index is -4.73. The fourth-order valence-electron chi connectivity index (χ4n) is 1.39. The molecule has 0 aromatic carbocycles. The Morgan fingerprint density at radius 1 is 1.47 bits per heavy atom. The van der Waals surface area contributed by atoms with Crippen molar-refractivity contribution in [3.05, 3.63) is 29.6 Å². The first-order chi connectivity index (χ1) is 8.77. The zero-order valence-corrected chi connectivity index (χ0v) is 9.86. The fourth-order valence-corrected chi connectivity index (χ4v) is 1.39. The third-order valence-electron chi connectivity index (χ3n) is 2.38. The lowest BCUT2D eigenvalue weighted by molar-refractivity contribution is -0.139. The van der Waals surface area contributed by atoms with Crippen LogP contribution in [0.15, 0.2) is 18.5 Å². The summed E-state index contributed by atoms with van der Waals surface area (Å²) in [5.41, 5.74) is -1.85. The molecule has 1 rings (SSSR count). The van der Waals surface area contributed by atoms with Gasteiger partial charge >= 0.3 is 12.1 Å². The van der Waals surface area contributed by atoms with Crippen LogP contribution in [0.1, 0.15) is 29.3 Å². The number of alkyl halides is 3. The lowest BCUT2D eigenvalue weighted by Crippen LogP contribution is -2.40. The summed E-state index contributed by atoms with van der Waals surface area (Å²) >= 11 is 0. The van der Waals surface area contributed by atoms with Gasteiger partial charge in [-0.2, -0.15) is 13.2 Å². The van der Waals surface area contributed by atoms with Crippen LogP contribution < -0.4 is 5.32 Å². The Morgan fingerprint density at radius 3 is 2.58 bits per heavy atom. The number of carbonyl (C=O) groups is 2. The molecule has 0 spiro atoms. The number of nitrogens with one attached hydrogen (secondary N) is 1. The van der Waals surface area contributed by atoms with Gasteiger partial charge in [0.15, 0.2) is 0 Å². The summed E-state index contributed by atoms with van der Waals surface area (Å²) in [6.45, 7) is 1.50. The van der Waals surface area contributed by atoms with Gasteiger partial charge in [-0.15, -0.1) is 0 Å². The first kappa shape index (κ1) is 14.9. The van der Waals surface area contributed by atoms with Crippen LogP contribution in [0.3, 0.4) is 0 Å². The molecule has 5 nitrogen and oxygen atoms in total. The van der Waals surface area contributed by atoms with Gasteiger partial charge in [-0.1, -0.05) is 6.92 Å². The molecule has 1 aromatic rings. The molecule has 0 aliphatic heterocycles. The topological polar surface area (TPSA) is 79.3 Å². The number of carboxylic acid groups (broad SMARTS) is 1. The SMILES string of the molecule is CCC(NC(=O)c1ccncc1C(F)(F)F)C(=O)O. The normalized spacial score (nSPS) is 12.8. The average Bonchev–Trinajstić information content (AvgIpc) is 2.34. The number of aliphatic carboxylic acids is 1. The molecule has 0 bridgehead atoms. The maximum absolute atomic E-state index is 12.7. The van der Waals surface area contributed by atoms with Gasteiger partial charge in [0.05, 0.1) is 11.1 Å². The zero-order valence-electron chi connectivity index (χ0n) is 9.86. The van der Waals surface area contributed by atoms with E-state index >= 15 is 0 Å². The summed E-state index contributed by atoms with van der Waals surface area (Å²) < 4.78 is 38.0. The number of halogens is 3. The first-order valence-electron chi connectivity index (χ1n) is 5.32. The lowest BCUT2D eigenvalue weighted by atomic mass is 10.1. The minimum Gasteiger partial charge on any atom is -0.480 e. The Hall–Kier alpha value is -2.12. The third kappa shape index (κ3) is 3.67. The number of hydrogen-bond donors (Lipinski definition) is 2. The Balaban J connectivity index is 3.04. The van der Waals surface area contributed by atoms with Gasteiger partial charge in [0.1, 0.15) is 6.04 Å². The molecule has 0 saturated heterocycles. The van der Waals surface area contributed by atoms with E-state index in [0.29, 0.717) is 6.20 Å². The molecular weight excluding hydrogens is 265 g/mol. The number of carboxylic acids is 1. The summed E-state index contributed by atoms with van der Waals surface area (Å²) in [7, 11) is 0. The monoisotopic (exact) mass is 276 g/mol. The molecule has 1 unspecified atom stereocenters. The van der Waals surface area contributed by atoms with Crippen LogP contribution in [0, 0.1) is 0 Å². The number of pyridine rings is 1. The Bertz CT molecular complexity index is 488. The van der Waals surface area contributed by atoms with Crippen molar-refractivity contribution in [3.63, 3.8) is 0 Å². The van der Waals surface area contributed by atoms with Gasteiger partial charge in [-0.3, -0.25) is 9.78 Å². The largest absolute Gasteiger partial charge is 0.480 e. The molecular formula is C11H11F3N2O3. The second-order valence-corrected chi connectivity index (χ2v) is 3.69. The summed E-state index contributed by atoms with van der Waals surface area (Å²) in [6, 6.07) is -0.339. The number of aromatic nitrogens is 1. The van der Waals surface area contributed by atoms with E-state index in [0.717, 1.165) is 12.3 Å². The average molecular weight is 276 g/mol. The summed E-state index contributed by atoms with van der Waals surface area (Å²) in [6.07, 6.45) is -3.11. The maximum Gasteiger partial charge on any atom is 0.418 e.